The molecule has 0 saturated carbocycles. The van der Waals surface area contributed by atoms with Crippen molar-refractivity contribution in [3.8, 4) is 0 Å². The first kappa shape index (κ1) is 18.5. The van der Waals surface area contributed by atoms with Crippen LogP contribution in [0.15, 0.2) is 41.0 Å². The highest BCUT2D eigenvalue weighted by atomic mass is 19.1. The first-order valence-electron chi connectivity index (χ1n) is 7.66. The zero-order chi connectivity index (χ0) is 18.4. The Bertz CT molecular complexity index is 770. The Morgan fingerprint density at radius 1 is 1.32 bits per heavy atom. The summed E-state index contributed by atoms with van der Waals surface area (Å²) in [4.78, 5) is 21.3. The summed E-state index contributed by atoms with van der Waals surface area (Å²) in [6.07, 6.45) is 2.64. The summed E-state index contributed by atoms with van der Waals surface area (Å²) >= 11 is 0. The number of hydrogen-bond donors (Lipinski definition) is 3. The number of anilines is 1. The van der Waals surface area contributed by atoms with Gasteiger partial charge in [-0.3, -0.25) is 0 Å². The lowest BCUT2D eigenvalue weighted by Crippen LogP contribution is -2.49. The number of fused-ring (bicyclic) bond motifs is 1. The Morgan fingerprint density at radius 3 is 2.60 bits per heavy atom. The first-order chi connectivity index (χ1) is 11.9. The summed E-state index contributed by atoms with van der Waals surface area (Å²) in [5.74, 6) is -2.80. The molecule has 0 bridgehead atoms. The average Bonchev–Trinajstić information content (AvgIpc) is 3.03. The van der Waals surface area contributed by atoms with Crippen molar-refractivity contribution in [3.63, 3.8) is 0 Å². The molecular weight excluding hydrogens is 331 g/mol. The Morgan fingerprint density at radius 2 is 2.00 bits per heavy atom. The summed E-state index contributed by atoms with van der Waals surface area (Å²) in [6.45, 7) is 4.92. The topological polar surface area (TPSA) is 103 Å². The Balaban J connectivity index is 0.000000242. The largest absolute Gasteiger partial charge is 0.478 e. The SMILES string of the molecule is C[C@H]1CNCCN1c1cc(F)c2occc2c1.O=C(O)/C=C/C(=O)O. The fourth-order valence-corrected chi connectivity index (χ4v) is 2.56. The lowest BCUT2D eigenvalue weighted by atomic mass is 10.1. The molecule has 3 rings (SSSR count). The summed E-state index contributed by atoms with van der Waals surface area (Å²) < 4.78 is 18.9. The second-order valence-electron chi connectivity index (χ2n) is 5.52. The molecule has 1 saturated heterocycles. The maximum atomic E-state index is 13.8. The van der Waals surface area contributed by atoms with E-state index in [4.69, 9.17) is 14.6 Å². The maximum Gasteiger partial charge on any atom is 0.328 e. The van der Waals surface area contributed by atoms with Crippen LogP contribution in [0.2, 0.25) is 0 Å². The van der Waals surface area contributed by atoms with Crippen LogP contribution in [0.25, 0.3) is 11.0 Å². The van der Waals surface area contributed by atoms with E-state index >= 15 is 0 Å². The van der Waals surface area contributed by atoms with Crippen molar-refractivity contribution in [1.82, 2.24) is 5.32 Å². The van der Waals surface area contributed by atoms with Crippen LogP contribution in [0.5, 0.6) is 0 Å². The van der Waals surface area contributed by atoms with E-state index in [1.54, 1.807) is 12.1 Å². The molecule has 1 atom stereocenters. The minimum absolute atomic E-state index is 0.284. The predicted octanol–water partition coefficient (Wildman–Crippen LogP) is 2.08. The molecule has 0 amide bonds. The zero-order valence-corrected chi connectivity index (χ0v) is 13.6. The number of carboxylic acids is 2. The minimum atomic E-state index is -1.26. The molecule has 134 valence electrons. The molecule has 0 spiro atoms. The van der Waals surface area contributed by atoms with Gasteiger partial charge in [0.15, 0.2) is 11.4 Å². The van der Waals surface area contributed by atoms with E-state index in [2.05, 4.69) is 17.1 Å². The van der Waals surface area contributed by atoms with Gasteiger partial charge in [0.25, 0.3) is 0 Å². The van der Waals surface area contributed by atoms with E-state index in [1.165, 1.54) is 6.26 Å². The van der Waals surface area contributed by atoms with Gasteiger partial charge in [-0.2, -0.15) is 0 Å². The highest BCUT2D eigenvalue weighted by molar-refractivity contribution is 5.89. The molecule has 0 aliphatic carbocycles. The lowest BCUT2D eigenvalue weighted by molar-refractivity contribution is -0.134. The predicted molar refractivity (Wildman–Crippen MR) is 90.3 cm³/mol. The Labute approximate surface area is 143 Å². The highest BCUT2D eigenvalue weighted by Gasteiger charge is 2.20. The molecule has 1 fully saturated rings. The van der Waals surface area contributed by atoms with Gasteiger partial charge >= 0.3 is 11.9 Å². The molecule has 3 N–H and O–H groups in total. The third-order valence-corrected chi connectivity index (χ3v) is 3.69. The van der Waals surface area contributed by atoms with Crippen LogP contribution in [0.3, 0.4) is 0 Å². The van der Waals surface area contributed by atoms with E-state index in [1.807, 2.05) is 6.07 Å². The van der Waals surface area contributed by atoms with E-state index in [-0.39, 0.29) is 5.82 Å². The van der Waals surface area contributed by atoms with Gasteiger partial charge in [-0.05, 0) is 19.1 Å². The number of aliphatic carboxylic acids is 2. The fourth-order valence-electron chi connectivity index (χ4n) is 2.56. The normalized spacial score (nSPS) is 17.4. The maximum absolute atomic E-state index is 13.8. The van der Waals surface area contributed by atoms with Crippen molar-refractivity contribution in [3.05, 3.63) is 42.4 Å². The highest BCUT2D eigenvalue weighted by Crippen LogP contribution is 2.27. The van der Waals surface area contributed by atoms with E-state index in [0.717, 1.165) is 30.7 Å². The van der Waals surface area contributed by atoms with Crippen LogP contribution >= 0.6 is 0 Å². The van der Waals surface area contributed by atoms with Gasteiger partial charge in [-0.15, -0.1) is 0 Å². The van der Waals surface area contributed by atoms with Gasteiger partial charge in [0.05, 0.1) is 6.26 Å². The number of piperazine rings is 1. The average molecular weight is 350 g/mol. The summed E-state index contributed by atoms with van der Waals surface area (Å²) in [6, 6.07) is 5.74. The van der Waals surface area contributed by atoms with Gasteiger partial charge in [0, 0.05) is 55.0 Å². The van der Waals surface area contributed by atoms with Crippen LogP contribution in [-0.2, 0) is 9.59 Å². The second kappa shape index (κ2) is 8.29. The third-order valence-electron chi connectivity index (χ3n) is 3.69. The number of furan rings is 1. The molecule has 2 heterocycles. The molecule has 1 aromatic heterocycles. The van der Waals surface area contributed by atoms with Crippen LogP contribution in [0, 0.1) is 5.82 Å². The Hall–Kier alpha value is -2.87. The quantitative estimate of drug-likeness (QED) is 0.728. The number of halogens is 1. The fraction of sp³-hybridized carbons (Fsp3) is 0.294. The van der Waals surface area contributed by atoms with Gasteiger partial charge in [0.1, 0.15) is 0 Å². The van der Waals surface area contributed by atoms with Gasteiger partial charge in [-0.1, -0.05) is 0 Å². The standard InChI is InChI=1S/C13H15FN2O.C4H4O4/c1-9-8-15-3-4-16(9)11-6-10-2-5-17-13(10)12(14)7-11;5-3(6)1-2-4(7)8/h2,5-7,9,15H,3-4,8H2,1H3;1-2H,(H,5,6)(H,7,8)/b;2-1+/t9-;/m0./s1. The third kappa shape index (κ3) is 5.05. The van der Waals surface area contributed by atoms with Crippen molar-refractivity contribution in [2.45, 2.75) is 13.0 Å². The Kier molecular flexibility index (Phi) is 6.13. The number of hydrogen-bond acceptors (Lipinski definition) is 5. The van der Waals surface area contributed by atoms with Crippen LogP contribution in [0.1, 0.15) is 6.92 Å². The van der Waals surface area contributed by atoms with Gasteiger partial charge in [0.2, 0.25) is 0 Å². The first-order valence-corrected chi connectivity index (χ1v) is 7.66. The van der Waals surface area contributed by atoms with Crippen LogP contribution < -0.4 is 10.2 Å². The van der Waals surface area contributed by atoms with Crippen molar-refractivity contribution in [2.75, 3.05) is 24.5 Å². The number of carboxylic acid groups (broad SMARTS) is 2. The summed E-state index contributed by atoms with van der Waals surface area (Å²) in [5.41, 5.74) is 1.28. The van der Waals surface area contributed by atoms with Gasteiger partial charge < -0.3 is 24.8 Å². The summed E-state index contributed by atoms with van der Waals surface area (Å²) in [5, 5.41) is 19.8. The van der Waals surface area contributed by atoms with Crippen molar-refractivity contribution < 1.29 is 28.6 Å². The molecule has 1 aliphatic rings. The number of nitrogens with zero attached hydrogens (tertiary/aromatic N) is 1. The minimum Gasteiger partial charge on any atom is -0.478 e. The number of rotatable bonds is 3. The van der Waals surface area contributed by atoms with Crippen molar-refractivity contribution in [1.29, 1.82) is 0 Å². The number of benzene rings is 1. The molecular formula is C17H19FN2O5. The smallest absolute Gasteiger partial charge is 0.328 e. The van der Waals surface area contributed by atoms with Crippen molar-refractivity contribution >= 4 is 28.6 Å². The second-order valence-corrected chi connectivity index (χ2v) is 5.52. The molecule has 25 heavy (non-hydrogen) atoms. The van der Waals surface area contributed by atoms with E-state index < -0.39 is 11.9 Å². The monoisotopic (exact) mass is 350 g/mol. The molecule has 0 unspecified atom stereocenters. The van der Waals surface area contributed by atoms with Crippen molar-refractivity contribution in [2.24, 2.45) is 0 Å². The van der Waals surface area contributed by atoms with E-state index in [9.17, 15) is 14.0 Å². The number of nitrogens with one attached hydrogen (secondary N) is 1. The molecule has 1 aromatic carbocycles. The number of carbonyl (C=O) groups is 2. The van der Waals surface area contributed by atoms with Crippen LogP contribution in [0.4, 0.5) is 10.1 Å². The molecule has 0 radical (unpaired) electrons. The molecule has 1 aliphatic heterocycles. The lowest BCUT2D eigenvalue weighted by Gasteiger charge is -2.35. The molecule has 8 heteroatoms. The summed E-state index contributed by atoms with van der Waals surface area (Å²) in [7, 11) is 0. The zero-order valence-electron chi connectivity index (χ0n) is 13.6. The van der Waals surface area contributed by atoms with Crippen LogP contribution in [-0.4, -0.2) is 47.8 Å². The molecule has 2 aromatic rings. The van der Waals surface area contributed by atoms with E-state index in [0.29, 0.717) is 23.8 Å². The molecule has 7 nitrogen and oxygen atoms in total. The van der Waals surface area contributed by atoms with Gasteiger partial charge in [-0.25, -0.2) is 14.0 Å².